The molecule has 3 N–H and O–H groups in total. The van der Waals surface area contributed by atoms with Crippen molar-refractivity contribution in [3.63, 3.8) is 0 Å². The zero-order valence-electron chi connectivity index (χ0n) is 19.8. The molecule has 0 unspecified atom stereocenters. The Balaban J connectivity index is 1.38. The standard InChI is InChI=1S/C25H20FN9OS/c1-35(2)12-20(36)29-14-9-13(10-27-11-14)15-3-4-17-22(30-15)24(34-33-17)25-31-16-7-8-28-23(21(16)32-25)18-5-6-19(26)37-18/h3-11H,12H2,1-2H3,(H,29,36)(H,31,32)(H,33,34). The number of anilines is 1. The molecule has 0 aliphatic rings. The summed E-state index contributed by atoms with van der Waals surface area (Å²) in [5, 5.41) is 10.0. The van der Waals surface area contributed by atoms with Crippen molar-refractivity contribution in [2.24, 2.45) is 0 Å². The first-order valence-corrected chi connectivity index (χ1v) is 12.1. The highest BCUT2D eigenvalue weighted by atomic mass is 32.1. The van der Waals surface area contributed by atoms with Crippen molar-refractivity contribution in [1.82, 2.24) is 40.0 Å². The number of thiophene rings is 1. The number of nitrogens with one attached hydrogen (secondary N) is 3. The summed E-state index contributed by atoms with van der Waals surface area (Å²) in [5.41, 5.74) is 5.87. The fourth-order valence-corrected chi connectivity index (χ4v) is 4.76. The van der Waals surface area contributed by atoms with E-state index >= 15 is 0 Å². The smallest absolute Gasteiger partial charge is 0.238 e. The van der Waals surface area contributed by atoms with Crippen LogP contribution in [0.15, 0.2) is 55.0 Å². The van der Waals surface area contributed by atoms with Crippen molar-refractivity contribution in [3.8, 4) is 33.3 Å². The topological polar surface area (TPSA) is 128 Å². The van der Waals surface area contributed by atoms with Gasteiger partial charge in [0.25, 0.3) is 0 Å². The van der Waals surface area contributed by atoms with E-state index in [-0.39, 0.29) is 17.6 Å². The third kappa shape index (κ3) is 4.43. The summed E-state index contributed by atoms with van der Waals surface area (Å²) in [6.07, 6.45) is 4.95. The summed E-state index contributed by atoms with van der Waals surface area (Å²) in [4.78, 5) is 36.2. The number of rotatable bonds is 6. The summed E-state index contributed by atoms with van der Waals surface area (Å²) in [6, 6.07) is 10.5. The molecular formula is C25H20FN9OS. The Labute approximate surface area is 213 Å². The summed E-state index contributed by atoms with van der Waals surface area (Å²) in [6.45, 7) is 0.267. The Bertz CT molecular complexity index is 1770. The van der Waals surface area contributed by atoms with Gasteiger partial charge in [0.05, 0.1) is 40.0 Å². The number of halogens is 1. The molecule has 184 valence electrons. The van der Waals surface area contributed by atoms with Gasteiger partial charge in [0.1, 0.15) is 16.7 Å². The van der Waals surface area contributed by atoms with Crippen LogP contribution in [0.2, 0.25) is 0 Å². The molecule has 6 rings (SSSR count). The number of imidazole rings is 1. The first-order valence-electron chi connectivity index (χ1n) is 11.3. The van der Waals surface area contributed by atoms with Gasteiger partial charge in [-0.3, -0.25) is 19.9 Å². The number of aromatic amines is 2. The molecule has 10 nitrogen and oxygen atoms in total. The van der Waals surface area contributed by atoms with Gasteiger partial charge in [0.2, 0.25) is 5.91 Å². The van der Waals surface area contributed by atoms with E-state index in [1.165, 1.54) is 6.07 Å². The van der Waals surface area contributed by atoms with E-state index in [0.29, 0.717) is 44.5 Å². The summed E-state index contributed by atoms with van der Waals surface area (Å²) < 4.78 is 13.6. The van der Waals surface area contributed by atoms with Crippen molar-refractivity contribution in [1.29, 1.82) is 0 Å². The van der Waals surface area contributed by atoms with Gasteiger partial charge in [-0.1, -0.05) is 0 Å². The Morgan fingerprint density at radius 2 is 1.92 bits per heavy atom. The number of aromatic nitrogens is 7. The Morgan fingerprint density at radius 1 is 1.05 bits per heavy atom. The lowest BCUT2D eigenvalue weighted by Gasteiger charge is -2.10. The molecule has 37 heavy (non-hydrogen) atoms. The lowest BCUT2D eigenvalue weighted by molar-refractivity contribution is -0.116. The highest BCUT2D eigenvalue weighted by Gasteiger charge is 2.18. The molecule has 12 heteroatoms. The normalized spacial score (nSPS) is 11.6. The van der Waals surface area contributed by atoms with Crippen LogP contribution in [0.3, 0.4) is 0 Å². The van der Waals surface area contributed by atoms with Crippen LogP contribution in [0.4, 0.5) is 10.1 Å². The monoisotopic (exact) mass is 513 g/mol. The molecule has 0 radical (unpaired) electrons. The number of fused-ring (bicyclic) bond motifs is 2. The first-order chi connectivity index (χ1) is 17.9. The van der Waals surface area contributed by atoms with Crippen LogP contribution >= 0.6 is 11.3 Å². The van der Waals surface area contributed by atoms with Crippen molar-refractivity contribution in [2.75, 3.05) is 26.0 Å². The summed E-state index contributed by atoms with van der Waals surface area (Å²) >= 11 is 1.02. The molecule has 1 amide bonds. The molecule has 0 fully saturated rings. The second-order valence-electron chi connectivity index (χ2n) is 8.66. The summed E-state index contributed by atoms with van der Waals surface area (Å²) in [7, 11) is 3.66. The minimum absolute atomic E-state index is 0.131. The number of carbonyl (C=O) groups excluding carboxylic acids is 1. The maximum Gasteiger partial charge on any atom is 0.238 e. The van der Waals surface area contributed by atoms with E-state index in [2.05, 4.69) is 30.5 Å². The molecule has 6 heterocycles. The number of hydrogen-bond acceptors (Lipinski definition) is 8. The van der Waals surface area contributed by atoms with E-state index in [9.17, 15) is 9.18 Å². The zero-order chi connectivity index (χ0) is 25.5. The van der Waals surface area contributed by atoms with Gasteiger partial charge in [0, 0.05) is 18.0 Å². The van der Waals surface area contributed by atoms with E-state index in [1.807, 2.05) is 38.4 Å². The SMILES string of the molecule is CN(C)CC(=O)Nc1cncc(-c2ccc3[nH]nc(-c4nc5c(-c6ccc(F)s6)nccc5[nH]4)c3n2)c1. The number of amides is 1. The molecule has 0 aliphatic carbocycles. The van der Waals surface area contributed by atoms with Gasteiger partial charge in [-0.05, 0) is 50.5 Å². The highest BCUT2D eigenvalue weighted by Crippen LogP contribution is 2.33. The lowest BCUT2D eigenvalue weighted by Crippen LogP contribution is -2.27. The molecule has 6 aromatic rings. The van der Waals surface area contributed by atoms with Crippen LogP contribution in [0.5, 0.6) is 0 Å². The molecular weight excluding hydrogens is 493 g/mol. The average Bonchev–Trinajstić information content (AvgIpc) is 3.60. The minimum atomic E-state index is -0.282. The van der Waals surface area contributed by atoms with Crippen LogP contribution in [-0.2, 0) is 4.79 Å². The molecule has 0 bridgehead atoms. The molecule has 0 spiro atoms. The summed E-state index contributed by atoms with van der Waals surface area (Å²) in [5.74, 6) is 0.383. The quantitative estimate of drug-likeness (QED) is 0.302. The molecule has 0 atom stereocenters. The third-order valence-corrected chi connectivity index (χ3v) is 6.50. The van der Waals surface area contributed by atoms with Gasteiger partial charge in [-0.15, -0.1) is 11.3 Å². The molecule has 0 aliphatic heterocycles. The Kier molecular flexibility index (Phi) is 5.66. The van der Waals surface area contributed by atoms with E-state index < -0.39 is 0 Å². The van der Waals surface area contributed by atoms with Crippen molar-refractivity contribution in [3.05, 3.63) is 60.1 Å². The second kappa shape index (κ2) is 9.15. The van der Waals surface area contributed by atoms with Crippen molar-refractivity contribution in [2.45, 2.75) is 0 Å². The highest BCUT2D eigenvalue weighted by molar-refractivity contribution is 7.13. The third-order valence-electron chi connectivity index (χ3n) is 5.62. The largest absolute Gasteiger partial charge is 0.336 e. The molecule has 0 aromatic carbocycles. The van der Waals surface area contributed by atoms with Crippen LogP contribution in [0.1, 0.15) is 0 Å². The first kappa shape index (κ1) is 22.9. The number of likely N-dealkylation sites (N-methyl/N-ethyl adjacent to an activating group) is 1. The fraction of sp³-hybridized carbons (Fsp3) is 0.120. The maximum atomic E-state index is 13.6. The van der Waals surface area contributed by atoms with Gasteiger partial charge in [0.15, 0.2) is 16.6 Å². The minimum Gasteiger partial charge on any atom is -0.336 e. The molecule has 0 saturated carbocycles. The number of H-pyrrole nitrogens is 2. The van der Waals surface area contributed by atoms with Gasteiger partial charge < -0.3 is 15.2 Å². The Hall–Kier alpha value is -4.55. The lowest BCUT2D eigenvalue weighted by atomic mass is 10.1. The molecule has 0 saturated heterocycles. The fourth-order valence-electron chi connectivity index (χ4n) is 4.03. The second-order valence-corrected chi connectivity index (χ2v) is 9.69. The van der Waals surface area contributed by atoms with Crippen molar-refractivity contribution < 1.29 is 9.18 Å². The van der Waals surface area contributed by atoms with Gasteiger partial charge in [-0.25, -0.2) is 9.97 Å². The van der Waals surface area contributed by atoms with Crippen LogP contribution in [-0.4, -0.2) is 66.6 Å². The Morgan fingerprint density at radius 3 is 2.73 bits per heavy atom. The maximum absolute atomic E-state index is 13.6. The number of nitrogens with zero attached hydrogens (tertiary/aromatic N) is 6. The zero-order valence-corrected chi connectivity index (χ0v) is 20.6. The predicted molar refractivity (Wildman–Crippen MR) is 140 cm³/mol. The van der Waals surface area contributed by atoms with Crippen molar-refractivity contribution >= 4 is 45.0 Å². The average molecular weight is 514 g/mol. The van der Waals surface area contributed by atoms with E-state index in [1.54, 1.807) is 29.6 Å². The van der Waals surface area contributed by atoms with Crippen LogP contribution in [0.25, 0.3) is 55.4 Å². The number of hydrogen-bond donors (Lipinski definition) is 3. The number of pyridine rings is 3. The van der Waals surface area contributed by atoms with Crippen LogP contribution in [0, 0.1) is 5.13 Å². The van der Waals surface area contributed by atoms with Gasteiger partial charge in [-0.2, -0.15) is 9.49 Å². The molecule has 6 aromatic heterocycles. The van der Waals surface area contributed by atoms with Gasteiger partial charge >= 0.3 is 0 Å². The number of carbonyl (C=O) groups is 1. The van der Waals surface area contributed by atoms with E-state index in [4.69, 9.17) is 9.97 Å². The van der Waals surface area contributed by atoms with E-state index in [0.717, 1.165) is 27.9 Å². The predicted octanol–water partition coefficient (Wildman–Crippen LogP) is 4.33. The van der Waals surface area contributed by atoms with Crippen LogP contribution < -0.4 is 5.32 Å².